The van der Waals surface area contributed by atoms with Gasteiger partial charge in [0.15, 0.2) is 0 Å². The van der Waals surface area contributed by atoms with Crippen molar-refractivity contribution in [1.29, 1.82) is 0 Å². The zero-order valence-electron chi connectivity index (χ0n) is 9.08. The lowest BCUT2D eigenvalue weighted by Crippen LogP contribution is -2.29. The Hall–Kier alpha value is 0.210. The summed E-state index contributed by atoms with van der Waals surface area (Å²) in [5.41, 5.74) is 0. The van der Waals surface area contributed by atoms with Gasteiger partial charge in [0.25, 0.3) is 0 Å². The van der Waals surface area contributed by atoms with E-state index in [-0.39, 0.29) is 5.88 Å². The Morgan fingerprint density at radius 3 is 2.64 bits per heavy atom. The molecular weight excluding hydrogens is 200 g/mol. The van der Waals surface area contributed by atoms with Crippen LogP contribution in [-0.2, 0) is 4.74 Å². The molecule has 0 radical (unpaired) electrons. The second kappa shape index (κ2) is 5.94. The minimum Gasteiger partial charge on any atom is -0.389 e. The predicted molar refractivity (Wildman–Crippen MR) is 58.6 cm³/mol. The van der Waals surface area contributed by atoms with E-state index in [1.165, 1.54) is 6.42 Å². The highest BCUT2D eigenvalue weighted by atomic mass is 35.5. The number of alkyl halides is 1. The summed E-state index contributed by atoms with van der Waals surface area (Å²) in [5, 5.41) is 9.25. The Kier molecular flexibility index (Phi) is 5.21. The quantitative estimate of drug-likeness (QED) is 0.738. The summed E-state index contributed by atoms with van der Waals surface area (Å²) in [5.74, 6) is 1.81. The van der Waals surface area contributed by atoms with Crippen LogP contribution in [0.1, 0.15) is 33.1 Å². The van der Waals surface area contributed by atoms with Crippen LogP contribution in [0.2, 0.25) is 0 Å². The number of aliphatic hydroxyl groups is 1. The second-order valence-electron chi connectivity index (χ2n) is 4.53. The number of halogens is 1. The monoisotopic (exact) mass is 220 g/mol. The maximum absolute atomic E-state index is 9.25. The molecule has 0 saturated heterocycles. The van der Waals surface area contributed by atoms with Crippen molar-refractivity contribution in [2.75, 3.05) is 12.5 Å². The molecule has 1 fully saturated rings. The van der Waals surface area contributed by atoms with Crippen molar-refractivity contribution in [2.45, 2.75) is 45.3 Å². The van der Waals surface area contributed by atoms with Gasteiger partial charge in [-0.1, -0.05) is 13.8 Å². The molecular formula is C11H21ClO2. The molecule has 0 aromatic rings. The van der Waals surface area contributed by atoms with E-state index in [0.717, 1.165) is 24.7 Å². The molecule has 0 aromatic carbocycles. The highest BCUT2D eigenvalue weighted by Gasteiger charge is 2.25. The lowest BCUT2D eigenvalue weighted by molar-refractivity contribution is -0.0332. The Morgan fingerprint density at radius 1 is 1.36 bits per heavy atom. The van der Waals surface area contributed by atoms with Gasteiger partial charge in [-0.15, -0.1) is 11.6 Å². The Morgan fingerprint density at radius 2 is 2.07 bits per heavy atom. The van der Waals surface area contributed by atoms with Crippen molar-refractivity contribution in [2.24, 2.45) is 11.8 Å². The van der Waals surface area contributed by atoms with Crippen LogP contribution >= 0.6 is 11.6 Å². The van der Waals surface area contributed by atoms with Gasteiger partial charge in [-0.25, -0.2) is 0 Å². The third kappa shape index (κ3) is 3.76. The van der Waals surface area contributed by atoms with Gasteiger partial charge >= 0.3 is 0 Å². The molecule has 1 N–H and O–H groups in total. The molecule has 0 bridgehead atoms. The number of ether oxygens (including phenoxy) is 1. The largest absolute Gasteiger partial charge is 0.389 e. The van der Waals surface area contributed by atoms with Crippen molar-refractivity contribution in [3.63, 3.8) is 0 Å². The van der Waals surface area contributed by atoms with E-state index in [4.69, 9.17) is 16.3 Å². The highest BCUT2D eigenvalue weighted by molar-refractivity contribution is 6.18. The van der Waals surface area contributed by atoms with Crippen molar-refractivity contribution >= 4 is 11.6 Å². The predicted octanol–water partition coefficient (Wildman–Crippen LogP) is 2.43. The van der Waals surface area contributed by atoms with Gasteiger partial charge in [0.2, 0.25) is 0 Å². The van der Waals surface area contributed by atoms with Gasteiger partial charge in [0.1, 0.15) is 0 Å². The molecule has 1 rings (SSSR count). The Bertz CT molecular complexity index is 163. The van der Waals surface area contributed by atoms with E-state index in [2.05, 4.69) is 13.8 Å². The minimum atomic E-state index is -0.508. The number of rotatable bonds is 4. The van der Waals surface area contributed by atoms with Crippen LogP contribution in [-0.4, -0.2) is 29.8 Å². The summed E-state index contributed by atoms with van der Waals surface area (Å²) in [7, 11) is 0. The maximum Gasteiger partial charge on any atom is 0.0908 e. The summed E-state index contributed by atoms with van der Waals surface area (Å²) in [6, 6.07) is 0. The van der Waals surface area contributed by atoms with Crippen LogP contribution in [0.3, 0.4) is 0 Å². The maximum atomic E-state index is 9.25. The van der Waals surface area contributed by atoms with Gasteiger partial charge in [0.05, 0.1) is 24.7 Å². The van der Waals surface area contributed by atoms with Crippen LogP contribution in [0.25, 0.3) is 0 Å². The molecule has 0 aromatic heterocycles. The third-order valence-corrected chi connectivity index (χ3v) is 3.61. The van der Waals surface area contributed by atoms with E-state index >= 15 is 0 Å². The zero-order valence-corrected chi connectivity index (χ0v) is 9.83. The Balaban J connectivity index is 2.20. The normalized spacial score (nSPS) is 35.6. The van der Waals surface area contributed by atoms with Gasteiger partial charge in [-0.3, -0.25) is 0 Å². The highest BCUT2D eigenvalue weighted by Crippen LogP contribution is 2.30. The van der Waals surface area contributed by atoms with Gasteiger partial charge in [-0.05, 0) is 31.1 Å². The van der Waals surface area contributed by atoms with E-state index in [1.54, 1.807) is 0 Å². The number of hydrogen-bond acceptors (Lipinski definition) is 2. The van der Waals surface area contributed by atoms with Gasteiger partial charge in [-0.2, -0.15) is 0 Å². The first-order chi connectivity index (χ1) is 6.63. The van der Waals surface area contributed by atoms with Crippen LogP contribution in [0.15, 0.2) is 0 Å². The lowest BCUT2D eigenvalue weighted by atomic mass is 9.80. The molecule has 3 heteroatoms. The summed E-state index contributed by atoms with van der Waals surface area (Å²) < 4.78 is 5.62. The van der Waals surface area contributed by atoms with Gasteiger partial charge in [0, 0.05) is 0 Å². The summed E-state index contributed by atoms with van der Waals surface area (Å²) in [4.78, 5) is 0. The summed E-state index contributed by atoms with van der Waals surface area (Å²) in [6.45, 7) is 4.96. The standard InChI is InChI=1S/C11H21ClO2/c1-8-3-4-11(5-9(8)2)14-7-10(13)6-12/h8-11,13H,3-7H2,1-2H3. The lowest BCUT2D eigenvalue weighted by Gasteiger charge is -2.32. The molecule has 4 atom stereocenters. The molecule has 1 aliphatic rings. The van der Waals surface area contributed by atoms with Crippen LogP contribution in [0.5, 0.6) is 0 Å². The molecule has 1 aliphatic carbocycles. The van der Waals surface area contributed by atoms with Gasteiger partial charge < -0.3 is 9.84 Å². The van der Waals surface area contributed by atoms with Crippen LogP contribution in [0.4, 0.5) is 0 Å². The number of hydrogen-bond donors (Lipinski definition) is 1. The second-order valence-corrected chi connectivity index (χ2v) is 4.84. The minimum absolute atomic E-state index is 0.263. The fraction of sp³-hybridized carbons (Fsp3) is 1.00. The average Bonchev–Trinajstić information content (AvgIpc) is 2.19. The van der Waals surface area contributed by atoms with Crippen molar-refractivity contribution in [1.82, 2.24) is 0 Å². The smallest absolute Gasteiger partial charge is 0.0908 e. The van der Waals surface area contributed by atoms with E-state index in [0.29, 0.717) is 12.7 Å². The number of aliphatic hydroxyl groups excluding tert-OH is 1. The van der Waals surface area contributed by atoms with Crippen molar-refractivity contribution in [3.8, 4) is 0 Å². The fourth-order valence-electron chi connectivity index (χ4n) is 1.94. The first-order valence-corrected chi connectivity index (χ1v) is 6.02. The van der Waals surface area contributed by atoms with Crippen LogP contribution < -0.4 is 0 Å². The molecule has 14 heavy (non-hydrogen) atoms. The third-order valence-electron chi connectivity index (χ3n) is 3.25. The van der Waals surface area contributed by atoms with E-state index < -0.39 is 6.10 Å². The van der Waals surface area contributed by atoms with E-state index in [9.17, 15) is 5.11 Å². The molecule has 0 spiro atoms. The molecule has 2 nitrogen and oxygen atoms in total. The molecule has 0 aliphatic heterocycles. The van der Waals surface area contributed by atoms with Crippen molar-refractivity contribution < 1.29 is 9.84 Å². The van der Waals surface area contributed by atoms with Crippen LogP contribution in [0, 0.1) is 11.8 Å². The van der Waals surface area contributed by atoms with E-state index in [1.807, 2.05) is 0 Å². The molecule has 0 heterocycles. The zero-order chi connectivity index (χ0) is 10.6. The summed E-state index contributed by atoms with van der Waals surface area (Å²) in [6.07, 6.45) is 3.31. The first kappa shape index (κ1) is 12.3. The fourth-order valence-corrected chi connectivity index (χ4v) is 2.03. The summed E-state index contributed by atoms with van der Waals surface area (Å²) >= 11 is 5.49. The van der Waals surface area contributed by atoms with Crippen molar-refractivity contribution in [3.05, 3.63) is 0 Å². The first-order valence-electron chi connectivity index (χ1n) is 5.49. The molecule has 84 valence electrons. The molecule has 0 amide bonds. The SMILES string of the molecule is CC1CCC(OCC(O)CCl)CC1C. The topological polar surface area (TPSA) is 29.5 Å². The average molecular weight is 221 g/mol. The molecule has 1 saturated carbocycles. The Labute approximate surface area is 91.6 Å². The molecule has 4 unspecified atom stereocenters.